The Morgan fingerprint density at radius 2 is 1.76 bits per heavy atom. The first-order chi connectivity index (χ1) is 15.7. The van der Waals surface area contributed by atoms with Crippen LogP contribution in [0.25, 0.3) is 0 Å². The number of carbonyl (C=O) groups excluding carboxylic acids is 2. The van der Waals surface area contributed by atoms with Gasteiger partial charge in [0.1, 0.15) is 0 Å². The van der Waals surface area contributed by atoms with E-state index in [1.54, 1.807) is 41.1 Å². The first-order valence-electron chi connectivity index (χ1n) is 11.1. The van der Waals surface area contributed by atoms with Crippen LogP contribution in [0.3, 0.4) is 0 Å². The molecule has 0 bridgehead atoms. The molecule has 2 aromatic carbocycles. The van der Waals surface area contributed by atoms with Gasteiger partial charge in [-0.1, -0.05) is 23.7 Å². The van der Waals surface area contributed by atoms with Gasteiger partial charge < -0.3 is 19.8 Å². The Morgan fingerprint density at radius 3 is 2.36 bits per heavy atom. The predicted molar refractivity (Wildman–Crippen MR) is 127 cm³/mol. The number of piperidine rings is 1. The number of amides is 3. The highest BCUT2D eigenvalue weighted by Crippen LogP contribution is 2.40. The van der Waals surface area contributed by atoms with E-state index in [9.17, 15) is 19.5 Å². The van der Waals surface area contributed by atoms with Crippen LogP contribution in [0.2, 0.25) is 5.02 Å². The smallest absolute Gasteiger partial charge is 0.407 e. The van der Waals surface area contributed by atoms with Crippen molar-refractivity contribution in [3.8, 4) is 0 Å². The van der Waals surface area contributed by atoms with Gasteiger partial charge in [0.15, 0.2) is 0 Å². The molecule has 3 amide bonds. The van der Waals surface area contributed by atoms with Gasteiger partial charge in [0.2, 0.25) is 5.91 Å². The fraction of sp³-hybridized carbons (Fsp3) is 0.400. The van der Waals surface area contributed by atoms with E-state index < -0.39 is 11.6 Å². The number of likely N-dealkylation sites (N-methyl/N-ethyl adjacent to an activating group) is 1. The Balaban J connectivity index is 1.58. The number of anilines is 1. The molecule has 0 unspecified atom stereocenters. The Morgan fingerprint density at radius 1 is 1.09 bits per heavy atom. The Kier molecular flexibility index (Phi) is 6.34. The minimum Gasteiger partial charge on any atom is -0.465 e. The second-order valence-electron chi connectivity index (χ2n) is 9.04. The van der Waals surface area contributed by atoms with Gasteiger partial charge in [-0.25, -0.2) is 4.79 Å². The molecule has 2 fully saturated rings. The molecular formula is C25H28ClN3O4. The number of benzene rings is 2. The summed E-state index contributed by atoms with van der Waals surface area (Å²) < 4.78 is 0. The SMILES string of the molecule is CN(C(=O)O)[C@@]1(C)CN(C(=O)c2ccc(N3CCCCC3=O)cc2)C[C@@H]1c1ccc(Cl)cc1. The second-order valence-corrected chi connectivity index (χ2v) is 9.47. The molecule has 0 aromatic heterocycles. The number of halogens is 1. The molecule has 8 heteroatoms. The van der Waals surface area contributed by atoms with Gasteiger partial charge >= 0.3 is 6.09 Å². The Hall–Kier alpha value is -3.06. The zero-order valence-corrected chi connectivity index (χ0v) is 19.6. The van der Waals surface area contributed by atoms with Gasteiger partial charge in [0.25, 0.3) is 5.91 Å². The monoisotopic (exact) mass is 469 g/mol. The van der Waals surface area contributed by atoms with Crippen molar-refractivity contribution in [3.05, 3.63) is 64.7 Å². The van der Waals surface area contributed by atoms with Gasteiger partial charge in [-0.05, 0) is 61.7 Å². The zero-order valence-electron chi connectivity index (χ0n) is 18.8. The third-order valence-electron chi connectivity index (χ3n) is 7.03. The summed E-state index contributed by atoms with van der Waals surface area (Å²) in [7, 11) is 1.55. The van der Waals surface area contributed by atoms with E-state index in [4.69, 9.17) is 11.6 Å². The highest BCUT2D eigenvalue weighted by molar-refractivity contribution is 6.30. The fourth-order valence-corrected chi connectivity index (χ4v) is 5.02. The maximum atomic E-state index is 13.4. The molecule has 0 radical (unpaired) electrons. The number of rotatable bonds is 4. The lowest BCUT2D eigenvalue weighted by atomic mass is 9.82. The fourth-order valence-electron chi connectivity index (χ4n) is 4.90. The summed E-state index contributed by atoms with van der Waals surface area (Å²) in [5.74, 6) is -0.254. The summed E-state index contributed by atoms with van der Waals surface area (Å²) in [5.41, 5.74) is 1.45. The van der Waals surface area contributed by atoms with Crippen LogP contribution in [0.5, 0.6) is 0 Å². The van der Waals surface area contributed by atoms with Gasteiger partial charge in [0.05, 0.1) is 5.54 Å². The van der Waals surface area contributed by atoms with Crippen molar-refractivity contribution in [1.82, 2.24) is 9.80 Å². The number of carboxylic acid groups (broad SMARTS) is 1. The molecule has 2 saturated heterocycles. The summed E-state index contributed by atoms with van der Waals surface area (Å²) >= 11 is 6.05. The molecule has 0 spiro atoms. The predicted octanol–water partition coefficient (Wildman–Crippen LogP) is 4.47. The third kappa shape index (κ3) is 4.42. The molecule has 7 nitrogen and oxygen atoms in total. The normalized spacial score (nSPS) is 23.0. The van der Waals surface area contributed by atoms with Crippen LogP contribution in [0.1, 0.15) is 48.0 Å². The van der Waals surface area contributed by atoms with Crippen LogP contribution in [0.4, 0.5) is 10.5 Å². The summed E-state index contributed by atoms with van der Waals surface area (Å²) in [5, 5.41) is 10.3. The van der Waals surface area contributed by atoms with E-state index in [-0.39, 0.29) is 24.3 Å². The quantitative estimate of drug-likeness (QED) is 0.716. The molecule has 2 atom stereocenters. The second kappa shape index (κ2) is 9.06. The summed E-state index contributed by atoms with van der Waals surface area (Å²) in [4.78, 5) is 42.2. The van der Waals surface area contributed by atoms with Crippen molar-refractivity contribution in [2.24, 2.45) is 0 Å². The van der Waals surface area contributed by atoms with Gasteiger partial charge in [0, 0.05) is 55.3 Å². The minimum absolute atomic E-state index is 0.109. The summed E-state index contributed by atoms with van der Waals surface area (Å²) in [6, 6.07) is 14.4. The van der Waals surface area contributed by atoms with Crippen LogP contribution in [0.15, 0.2) is 48.5 Å². The molecule has 1 N–H and O–H groups in total. The van der Waals surface area contributed by atoms with Crippen molar-refractivity contribution in [2.75, 3.05) is 31.6 Å². The average Bonchev–Trinajstić information content (AvgIpc) is 3.17. The van der Waals surface area contributed by atoms with Gasteiger partial charge in [-0.2, -0.15) is 0 Å². The van der Waals surface area contributed by atoms with Crippen molar-refractivity contribution in [2.45, 2.75) is 37.6 Å². The number of hydrogen-bond donors (Lipinski definition) is 1. The maximum Gasteiger partial charge on any atom is 0.407 e. The van der Waals surface area contributed by atoms with Crippen LogP contribution >= 0.6 is 11.6 Å². The van der Waals surface area contributed by atoms with E-state index in [1.165, 1.54) is 4.90 Å². The van der Waals surface area contributed by atoms with Crippen LogP contribution in [-0.2, 0) is 4.79 Å². The number of likely N-dealkylation sites (tertiary alicyclic amines) is 1. The Bertz CT molecular complexity index is 1060. The topological polar surface area (TPSA) is 81.2 Å². The number of carbonyl (C=O) groups is 3. The standard InChI is InChI=1S/C25H28ClN3O4/c1-25(27(2)24(32)33)16-28(15-21(25)17-6-10-19(26)11-7-17)23(31)18-8-12-20(13-9-18)29-14-4-3-5-22(29)30/h6-13,21H,3-5,14-16H2,1-2H3,(H,32,33)/t21-,25+/m1/s1. The molecule has 2 aliphatic rings. The van der Waals surface area contributed by atoms with E-state index >= 15 is 0 Å². The lowest BCUT2D eigenvalue weighted by molar-refractivity contribution is -0.119. The largest absolute Gasteiger partial charge is 0.465 e. The molecule has 33 heavy (non-hydrogen) atoms. The average molecular weight is 470 g/mol. The van der Waals surface area contributed by atoms with E-state index in [0.29, 0.717) is 30.1 Å². The Labute approximate surface area is 198 Å². The lowest BCUT2D eigenvalue weighted by Crippen LogP contribution is -2.52. The zero-order chi connectivity index (χ0) is 23.8. The molecule has 4 rings (SSSR count). The molecule has 2 aromatic rings. The molecule has 2 heterocycles. The molecule has 2 aliphatic heterocycles. The van der Waals surface area contributed by atoms with E-state index in [0.717, 1.165) is 24.1 Å². The summed E-state index contributed by atoms with van der Waals surface area (Å²) in [6.07, 6.45) is 1.40. The van der Waals surface area contributed by atoms with Crippen molar-refractivity contribution >= 4 is 35.2 Å². The van der Waals surface area contributed by atoms with Crippen molar-refractivity contribution < 1.29 is 19.5 Å². The van der Waals surface area contributed by atoms with E-state index in [1.807, 2.05) is 31.2 Å². The molecule has 0 aliphatic carbocycles. The first kappa shape index (κ1) is 23.1. The molecular weight excluding hydrogens is 442 g/mol. The molecule has 174 valence electrons. The summed E-state index contributed by atoms with van der Waals surface area (Å²) in [6.45, 7) is 3.23. The van der Waals surface area contributed by atoms with E-state index in [2.05, 4.69) is 0 Å². The molecule has 0 saturated carbocycles. The van der Waals surface area contributed by atoms with Crippen LogP contribution in [0, 0.1) is 0 Å². The van der Waals surface area contributed by atoms with Crippen molar-refractivity contribution in [1.29, 1.82) is 0 Å². The minimum atomic E-state index is -1.04. The van der Waals surface area contributed by atoms with Gasteiger partial charge in [-0.3, -0.25) is 9.59 Å². The van der Waals surface area contributed by atoms with Crippen molar-refractivity contribution in [3.63, 3.8) is 0 Å². The third-order valence-corrected chi connectivity index (χ3v) is 7.28. The maximum absolute atomic E-state index is 13.4. The first-order valence-corrected chi connectivity index (χ1v) is 11.5. The van der Waals surface area contributed by atoms with Crippen LogP contribution < -0.4 is 4.90 Å². The van der Waals surface area contributed by atoms with Gasteiger partial charge in [-0.15, -0.1) is 0 Å². The number of nitrogens with zero attached hydrogens (tertiary/aromatic N) is 3. The highest BCUT2D eigenvalue weighted by Gasteiger charge is 2.49. The highest BCUT2D eigenvalue weighted by atomic mass is 35.5. The number of hydrogen-bond acceptors (Lipinski definition) is 3. The lowest BCUT2D eigenvalue weighted by Gasteiger charge is -2.38. The van der Waals surface area contributed by atoms with Crippen LogP contribution in [-0.4, -0.2) is 65.0 Å².